The lowest BCUT2D eigenvalue weighted by Gasteiger charge is -2.25. The molecule has 0 aliphatic carbocycles. The van der Waals surface area contributed by atoms with Crippen LogP contribution in [0, 0.1) is 0 Å². The maximum absolute atomic E-state index is 12.9. The van der Waals surface area contributed by atoms with Crippen molar-refractivity contribution in [1.29, 1.82) is 0 Å². The van der Waals surface area contributed by atoms with Gasteiger partial charge in [-0.15, -0.1) is 0 Å². The van der Waals surface area contributed by atoms with Gasteiger partial charge in [0.15, 0.2) is 6.10 Å². The van der Waals surface area contributed by atoms with Crippen LogP contribution in [0.3, 0.4) is 0 Å². The molecular weight excluding hydrogens is 959 g/mol. The van der Waals surface area contributed by atoms with Crippen molar-refractivity contribution in [3.05, 3.63) is 85.1 Å². The van der Waals surface area contributed by atoms with Crippen LogP contribution in [-0.2, 0) is 33.3 Å². The molecule has 0 aromatic carbocycles. The van der Waals surface area contributed by atoms with Crippen LogP contribution in [0.4, 0.5) is 0 Å². The van der Waals surface area contributed by atoms with Crippen LogP contribution in [0.2, 0.25) is 0 Å². The number of rotatable bonds is 58. The first-order valence-corrected chi connectivity index (χ1v) is 31.8. The van der Waals surface area contributed by atoms with E-state index in [0.717, 1.165) is 96.3 Å². The number of aliphatic carboxylic acids is 1. The normalized spacial score (nSPS) is 13.3. The molecule has 0 radical (unpaired) electrons. The van der Waals surface area contributed by atoms with Gasteiger partial charge in [-0.1, -0.05) is 253 Å². The minimum absolute atomic E-state index is 0.184. The zero-order valence-corrected chi connectivity index (χ0v) is 50.6. The average Bonchev–Trinajstić information content (AvgIpc) is 3.40. The molecule has 9 heteroatoms. The molecule has 2 atom stereocenters. The topological polar surface area (TPSA) is 108 Å². The number of carbonyl (C=O) groups is 3. The zero-order chi connectivity index (χ0) is 56.2. The molecule has 0 aliphatic rings. The van der Waals surface area contributed by atoms with E-state index in [4.69, 9.17) is 18.9 Å². The lowest BCUT2D eigenvalue weighted by Crippen LogP contribution is -2.40. The predicted octanol–water partition coefficient (Wildman–Crippen LogP) is 19.1. The highest BCUT2D eigenvalue weighted by Crippen LogP contribution is 2.17. The quantitative estimate of drug-likeness (QED) is 0.0211. The fourth-order valence-corrected chi connectivity index (χ4v) is 8.78. The van der Waals surface area contributed by atoms with E-state index < -0.39 is 24.3 Å². The number of quaternary nitrogens is 1. The molecule has 0 amide bonds. The molecule has 0 heterocycles. The number of ether oxygens (including phenoxy) is 4. The number of esters is 2. The molecule has 444 valence electrons. The highest BCUT2D eigenvalue weighted by molar-refractivity contribution is 5.71. The lowest BCUT2D eigenvalue weighted by atomic mass is 10.0. The van der Waals surface area contributed by atoms with Crippen molar-refractivity contribution in [2.75, 3.05) is 47.5 Å². The Morgan fingerprint density at radius 3 is 1.10 bits per heavy atom. The third-order valence-electron chi connectivity index (χ3n) is 13.6. The standard InChI is InChI=1S/C68H119NO8/c1-6-8-10-12-14-16-18-20-22-23-24-25-26-27-28-29-30-31-32-33-34-35-36-37-38-39-40-41-42-43-45-47-49-51-53-55-57-59-66(71)77-64(63-76-68(67(72)73)74-61-60-69(3,4)5)62-75-65(70)58-56-54-52-50-48-46-44-21-19-17-15-13-11-9-7-2/h8,10,14-17,20-22,24-25,27-28,44,64,68H,6-7,9,11-13,18-19,23,26,29-43,45-63H2,1-5H3/p+1/b10-8-,16-14-,17-15-,22-20-,25-24-,28-27-,44-21-. The highest BCUT2D eigenvalue weighted by Gasteiger charge is 2.25. The summed E-state index contributed by atoms with van der Waals surface area (Å²) < 4.78 is 22.9. The SMILES string of the molecule is CC/C=C\C/C=C\C/C=C\C/C=C\C/C=C\CCCCCCCCCCCCCCCCCCCCCCCC(=O)OC(COC(=O)CCCCCCC/C=C\C/C=C\CCCCC)COC(OCC[N+](C)(C)C)C(=O)O. The smallest absolute Gasteiger partial charge is 0.361 e. The van der Waals surface area contributed by atoms with Crippen LogP contribution in [-0.4, -0.2) is 87.4 Å². The van der Waals surface area contributed by atoms with Crippen LogP contribution in [0.5, 0.6) is 0 Å². The molecule has 2 unspecified atom stereocenters. The maximum atomic E-state index is 12.9. The molecule has 0 aromatic rings. The van der Waals surface area contributed by atoms with E-state index in [1.807, 2.05) is 21.1 Å². The van der Waals surface area contributed by atoms with Crippen molar-refractivity contribution < 1.29 is 42.9 Å². The summed E-state index contributed by atoms with van der Waals surface area (Å²) in [6.07, 6.45) is 75.5. The Balaban J connectivity index is 4.03. The summed E-state index contributed by atoms with van der Waals surface area (Å²) >= 11 is 0. The van der Waals surface area contributed by atoms with Crippen molar-refractivity contribution in [1.82, 2.24) is 0 Å². The number of carbonyl (C=O) groups excluding carboxylic acids is 2. The monoisotopic (exact) mass is 1080 g/mol. The molecule has 1 N–H and O–H groups in total. The highest BCUT2D eigenvalue weighted by atomic mass is 16.7. The van der Waals surface area contributed by atoms with Gasteiger partial charge in [0.25, 0.3) is 6.29 Å². The van der Waals surface area contributed by atoms with E-state index >= 15 is 0 Å². The summed E-state index contributed by atoms with van der Waals surface area (Å²) in [6.45, 7) is 4.74. The van der Waals surface area contributed by atoms with Gasteiger partial charge in [-0.25, -0.2) is 4.79 Å². The van der Waals surface area contributed by atoms with E-state index in [1.54, 1.807) is 0 Å². The van der Waals surface area contributed by atoms with E-state index in [-0.39, 0.29) is 38.6 Å². The summed E-state index contributed by atoms with van der Waals surface area (Å²) in [4.78, 5) is 37.4. The molecule has 0 aliphatic heterocycles. The van der Waals surface area contributed by atoms with Crippen molar-refractivity contribution in [2.45, 2.75) is 283 Å². The maximum Gasteiger partial charge on any atom is 0.361 e. The first-order valence-electron chi connectivity index (χ1n) is 31.8. The number of unbranched alkanes of at least 4 members (excludes halogenated alkanes) is 29. The van der Waals surface area contributed by atoms with Gasteiger partial charge in [-0.2, -0.15) is 0 Å². The van der Waals surface area contributed by atoms with Crippen LogP contribution in [0.15, 0.2) is 85.1 Å². The molecule has 9 nitrogen and oxygen atoms in total. The van der Waals surface area contributed by atoms with Crippen molar-refractivity contribution in [3.63, 3.8) is 0 Å². The minimum Gasteiger partial charge on any atom is -0.477 e. The van der Waals surface area contributed by atoms with Gasteiger partial charge in [0.2, 0.25) is 0 Å². The number of allylic oxidation sites excluding steroid dienone is 14. The Labute approximate surface area is 474 Å². The minimum atomic E-state index is -1.51. The van der Waals surface area contributed by atoms with Gasteiger partial charge in [0.05, 0.1) is 34.4 Å². The number of carboxylic acids is 1. The van der Waals surface area contributed by atoms with Gasteiger partial charge < -0.3 is 28.5 Å². The summed E-state index contributed by atoms with van der Waals surface area (Å²) in [5.41, 5.74) is 0. The van der Waals surface area contributed by atoms with Gasteiger partial charge in [-0.05, 0) is 89.9 Å². The number of hydrogen-bond acceptors (Lipinski definition) is 7. The van der Waals surface area contributed by atoms with Crippen molar-refractivity contribution >= 4 is 17.9 Å². The fourth-order valence-electron chi connectivity index (χ4n) is 8.78. The number of carboxylic acid groups (broad SMARTS) is 1. The molecule has 77 heavy (non-hydrogen) atoms. The molecule has 0 aromatic heterocycles. The second-order valence-electron chi connectivity index (χ2n) is 22.3. The van der Waals surface area contributed by atoms with Crippen LogP contribution < -0.4 is 0 Å². The Hall–Kier alpha value is -3.53. The van der Waals surface area contributed by atoms with Crippen molar-refractivity contribution in [2.24, 2.45) is 0 Å². The van der Waals surface area contributed by atoms with Gasteiger partial charge in [0, 0.05) is 12.8 Å². The molecule has 0 fully saturated rings. The Kier molecular flexibility index (Phi) is 55.9. The molecule has 0 saturated heterocycles. The summed E-state index contributed by atoms with van der Waals surface area (Å²) in [6, 6.07) is 0. The Bertz CT molecular complexity index is 1540. The van der Waals surface area contributed by atoms with Crippen LogP contribution >= 0.6 is 0 Å². The van der Waals surface area contributed by atoms with Gasteiger partial charge >= 0.3 is 17.9 Å². The molecule has 0 bridgehead atoms. The van der Waals surface area contributed by atoms with E-state index in [2.05, 4.69) is 98.9 Å². The molecule has 0 saturated carbocycles. The lowest BCUT2D eigenvalue weighted by molar-refractivity contribution is -0.870. The Morgan fingerprint density at radius 2 is 0.740 bits per heavy atom. The van der Waals surface area contributed by atoms with Crippen LogP contribution in [0.1, 0.15) is 271 Å². The summed E-state index contributed by atoms with van der Waals surface area (Å²) in [5, 5.41) is 9.71. The second-order valence-corrected chi connectivity index (χ2v) is 22.3. The summed E-state index contributed by atoms with van der Waals surface area (Å²) in [7, 11) is 5.97. The van der Waals surface area contributed by atoms with Gasteiger partial charge in [-0.3, -0.25) is 9.59 Å². The average molecular weight is 1080 g/mol. The Morgan fingerprint density at radius 1 is 0.403 bits per heavy atom. The third-order valence-corrected chi connectivity index (χ3v) is 13.6. The number of hydrogen-bond donors (Lipinski definition) is 1. The fraction of sp³-hybridized carbons (Fsp3) is 0.750. The van der Waals surface area contributed by atoms with Crippen molar-refractivity contribution in [3.8, 4) is 0 Å². The molecular formula is C68H120NO8+. The molecule has 0 spiro atoms. The van der Waals surface area contributed by atoms with Crippen LogP contribution in [0.25, 0.3) is 0 Å². The summed E-state index contributed by atoms with van der Waals surface area (Å²) in [5.74, 6) is -2.02. The van der Waals surface area contributed by atoms with E-state index in [0.29, 0.717) is 11.0 Å². The third kappa shape index (κ3) is 60.0. The second kappa shape index (κ2) is 58.6. The largest absolute Gasteiger partial charge is 0.477 e. The van der Waals surface area contributed by atoms with E-state index in [1.165, 1.54) is 148 Å². The first-order chi connectivity index (χ1) is 37.6. The van der Waals surface area contributed by atoms with Gasteiger partial charge in [0.1, 0.15) is 13.2 Å². The number of nitrogens with zero attached hydrogens (tertiary/aromatic N) is 1. The first kappa shape index (κ1) is 73.5. The predicted molar refractivity (Wildman–Crippen MR) is 327 cm³/mol. The zero-order valence-electron chi connectivity index (χ0n) is 50.6. The van der Waals surface area contributed by atoms with E-state index in [9.17, 15) is 19.5 Å². The number of likely N-dealkylation sites (N-methyl/N-ethyl adjacent to an activating group) is 1. The molecule has 0 rings (SSSR count).